The van der Waals surface area contributed by atoms with Crippen LogP contribution in [0.4, 0.5) is 5.69 Å². The van der Waals surface area contributed by atoms with Crippen LogP contribution in [0.5, 0.6) is 0 Å². The molecular formula is C23H23N2O4SY-. The van der Waals surface area contributed by atoms with Crippen LogP contribution in [0, 0.1) is 19.0 Å². The molecule has 1 heterocycles. The third-order valence-corrected chi connectivity index (χ3v) is 5.17. The summed E-state index contributed by atoms with van der Waals surface area (Å²) < 4.78 is 4.63. The molecular weight excluding hydrogens is 489 g/mol. The van der Waals surface area contributed by atoms with Gasteiger partial charge in [0.1, 0.15) is 11.5 Å². The van der Waals surface area contributed by atoms with Crippen molar-refractivity contribution in [1.29, 1.82) is 0 Å². The molecule has 1 aliphatic rings. The number of amides is 1. The molecule has 1 saturated heterocycles. The number of benzene rings is 2. The maximum atomic E-state index is 12.4. The third-order valence-electron chi connectivity index (χ3n) is 4.77. The summed E-state index contributed by atoms with van der Waals surface area (Å²) in [5, 5.41) is 23.4. The van der Waals surface area contributed by atoms with E-state index in [0.29, 0.717) is 12.1 Å². The number of aliphatic hydroxyl groups excluding tert-OH is 2. The maximum absolute atomic E-state index is 12.4. The van der Waals surface area contributed by atoms with Crippen molar-refractivity contribution in [2.45, 2.75) is 25.0 Å². The Labute approximate surface area is 213 Å². The zero-order chi connectivity index (χ0) is 21.5. The van der Waals surface area contributed by atoms with Gasteiger partial charge in [-0.3, -0.25) is 4.79 Å². The van der Waals surface area contributed by atoms with E-state index in [4.69, 9.17) is 12.2 Å². The molecule has 159 valence electrons. The Balaban J connectivity index is 0.00000341. The van der Waals surface area contributed by atoms with E-state index in [9.17, 15) is 15.0 Å². The van der Waals surface area contributed by atoms with Crippen molar-refractivity contribution in [2.24, 2.45) is 0 Å². The molecule has 2 unspecified atom stereocenters. The number of carbonyl (C=O) groups is 1. The molecule has 2 aromatic carbocycles. The molecule has 3 rings (SSSR count). The fraction of sp³-hybridized carbons (Fsp3) is 0.261. The fourth-order valence-electron chi connectivity index (χ4n) is 3.18. The number of nitrogens with zero attached hydrogens (tertiary/aromatic N) is 2. The van der Waals surface area contributed by atoms with E-state index in [1.54, 1.807) is 24.3 Å². The number of aliphatic hydroxyl groups is 2. The van der Waals surface area contributed by atoms with Gasteiger partial charge in [0.2, 0.25) is 0 Å². The second-order valence-corrected chi connectivity index (χ2v) is 7.20. The predicted molar refractivity (Wildman–Crippen MR) is 118 cm³/mol. The molecule has 2 atom stereocenters. The number of thiocarbonyl (C=S) groups is 1. The molecule has 1 amide bonds. The standard InChI is InChI=1S/C23H23N2O4S.Y/c1-29-16-6-5-15-24-22(28)21(27)23(30)25(24)19-12-10-18(11-13-19)20(26)14-9-17-7-3-2-4-8-17;/h2-4,7-8,10-13,20-21,26-27H,1,9,14-16H2;/q-1;. The van der Waals surface area contributed by atoms with Crippen LogP contribution < -0.4 is 5.01 Å². The molecule has 0 aliphatic carbocycles. The second-order valence-electron chi connectivity index (χ2n) is 6.78. The van der Waals surface area contributed by atoms with E-state index in [1.807, 2.05) is 30.3 Å². The summed E-state index contributed by atoms with van der Waals surface area (Å²) in [5.41, 5.74) is 2.55. The van der Waals surface area contributed by atoms with E-state index >= 15 is 0 Å². The smallest absolute Gasteiger partial charge is 0.278 e. The van der Waals surface area contributed by atoms with E-state index in [-0.39, 0.29) is 50.8 Å². The van der Waals surface area contributed by atoms with Gasteiger partial charge in [-0.15, -0.1) is 0 Å². The number of hydrogen-bond acceptors (Lipinski definition) is 5. The first-order valence-electron chi connectivity index (χ1n) is 9.51. The average Bonchev–Trinajstić information content (AvgIpc) is 2.99. The van der Waals surface area contributed by atoms with Crippen LogP contribution in [0.15, 0.2) is 54.6 Å². The molecule has 2 N–H and O–H groups in total. The molecule has 31 heavy (non-hydrogen) atoms. The Kier molecular flexibility index (Phi) is 10.2. The SMILES string of the molecule is [CH2-]OCC#CCN1C(=O)C(O)C(=S)N1c1ccc(C(O)CCc2ccccc2)cc1.[Y]. The van der Waals surface area contributed by atoms with Crippen molar-refractivity contribution < 1.29 is 52.5 Å². The van der Waals surface area contributed by atoms with Crippen molar-refractivity contribution in [3.63, 3.8) is 0 Å². The van der Waals surface area contributed by atoms with Gasteiger partial charge in [0.25, 0.3) is 5.91 Å². The van der Waals surface area contributed by atoms with Crippen LogP contribution in [0.3, 0.4) is 0 Å². The van der Waals surface area contributed by atoms with E-state index in [2.05, 4.69) is 23.7 Å². The van der Waals surface area contributed by atoms with Crippen molar-refractivity contribution in [1.82, 2.24) is 5.01 Å². The maximum Gasteiger partial charge on any atom is 0.278 e. The molecule has 0 aromatic heterocycles. The van der Waals surface area contributed by atoms with E-state index in [0.717, 1.165) is 12.0 Å². The van der Waals surface area contributed by atoms with Crippen molar-refractivity contribution in [2.75, 3.05) is 18.2 Å². The molecule has 0 saturated carbocycles. The average molecular weight is 512 g/mol. The first kappa shape index (κ1) is 25.6. The van der Waals surface area contributed by atoms with Gasteiger partial charge in [0, 0.05) is 32.7 Å². The minimum Gasteiger partial charge on any atom is -0.546 e. The van der Waals surface area contributed by atoms with Gasteiger partial charge in [-0.1, -0.05) is 66.5 Å². The Bertz CT molecular complexity index is 944. The van der Waals surface area contributed by atoms with Crippen LogP contribution in [-0.2, 0) is 48.7 Å². The number of anilines is 1. The van der Waals surface area contributed by atoms with Gasteiger partial charge in [0.05, 0.1) is 18.4 Å². The monoisotopic (exact) mass is 512 g/mol. The Morgan fingerprint density at radius 3 is 2.45 bits per heavy atom. The number of hydrazine groups is 1. The van der Waals surface area contributed by atoms with Gasteiger partial charge in [-0.2, -0.15) is 0 Å². The zero-order valence-electron chi connectivity index (χ0n) is 17.0. The number of ether oxygens (including phenoxy) is 1. The van der Waals surface area contributed by atoms with Gasteiger partial charge in [-0.05, 0) is 36.1 Å². The van der Waals surface area contributed by atoms with Gasteiger partial charge < -0.3 is 14.9 Å². The van der Waals surface area contributed by atoms with Crippen molar-refractivity contribution in [3.8, 4) is 11.8 Å². The van der Waals surface area contributed by atoms with Crippen molar-refractivity contribution in [3.05, 3.63) is 72.8 Å². The molecule has 1 aliphatic heterocycles. The number of carbonyl (C=O) groups excluding carboxylic acids is 1. The first-order chi connectivity index (χ1) is 14.5. The quantitative estimate of drug-likeness (QED) is 0.338. The molecule has 8 heteroatoms. The molecule has 1 fully saturated rings. The summed E-state index contributed by atoms with van der Waals surface area (Å²) in [6.45, 7) is 0.200. The van der Waals surface area contributed by atoms with Gasteiger partial charge in [0.15, 0.2) is 6.10 Å². The molecule has 6 nitrogen and oxygen atoms in total. The molecule has 0 bridgehead atoms. The van der Waals surface area contributed by atoms with Crippen LogP contribution in [0.2, 0.25) is 0 Å². The minimum absolute atomic E-state index is 0. The van der Waals surface area contributed by atoms with Crippen LogP contribution in [0.1, 0.15) is 23.7 Å². The zero-order valence-corrected chi connectivity index (χ0v) is 20.6. The topological polar surface area (TPSA) is 73.2 Å². The van der Waals surface area contributed by atoms with Gasteiger partial charge >= 0.3 is 0 Å². The largest absolute Gasteiger partial charge is 0.546 e. The summed E-state index contributed by atoms with van der Waals surface area (Å²) in [5.74, 6) is 4.99. The van der Waals surface area contributed by atoms with Gasteiger partial charge in [-0.25, -0.2) is 17.1 Å². The van der Waals surface area contributed by atoms with E-state index < -0.39 is 18.1 Å². The summed E-state index contributed by atoms with van der Waals surface area (Å²) in [6.07, 6.45) is -0.633. The Morgan fingerprint density at radius 2 is 1.81 bits per heavy atom. The first-order valence-corrected chi connectivity index (χ1v) is 9.91. The second kappa shape index (κ2) is 12.4. The Morgan fingerprint density at radius 1 is 1.13 bits per heavy atom. The fourth-order valence-corrected chi connectivity index (χ4v) is 3.49. The van der Waals surface area contributed by atoms with Crippen molar-refractivity contribution >= 4 is 28.8 Å². The van der Waals surface area contributed by atoms with E-state index in [1.165, 1.54) is 15.6 Å². The Hall–Kier alpha value is -1.66. The normalized spacial score (nSPS) is 16.5. The molecule has 2 aromatic rings. The predicted octanol–water partition coefficient (Wildman–Crippen LogP) is 2.41. The van der Waals surface area contributed by atoms with Crippen LogP contribution >= 0.6 is 12.2 Å². The number of rotatable bonds is 7. The summed E-state index contributed by atoms with van der Waals surface area (Å²) in [4.78, 5) is 12.4. The molecule has 0 spiro atoms. The summed E-state index contributed by atoms with van der Waals surface area (Å²) in [7, 11) is 3.23. The minimum atomic E-state index is -1.39. The van der Waals surface area contributed by atoms with Crippen LogP contribution in [-0.4, -0.2) is 45.4 Å². The van der Waals surface area contributed by atoms with Crippen LogP contribution in [0.25, 0.3) is 0 Å². The third kappa shape index (κ3) is 6.42. The number of hydrogen-bond donors (Lipinski definition) is 2. The summed E-state index contributed by atoms with van der Waals surface area (Å²) >= 11 is 5.26. The summed E-state index contributed by atoms with van der Waals surface area (Å²) in [6, 6.07) is 17.1. The number of aryl methyl sites for hydroxylation is 1. The molecule has 1 radical (unpaired) electrons.